The van der Waals surface area contributed by atoms with E-state index in [0.717, 1.165) is 22.4 Å². The number of H-pyrrole nitrogens is 1. The minimum absolute atomic E-state index is 0.0884. The average molecular weight is 314 g/mol. The van der Waals surface area contributed by atoms with E-state index in [1.165, 1.54) is 4.88 Å². The Kier molecular flexibility index (Phi) is 3.70. The molecule has 0 aromatic carbocycles. The Morgan fingerprint density at radius 2 is 2.29 bits per heavy atom. The van der Waals surface area contributed by atoms with Crippen molar-refractivity contribution in [3.05, 3.63) is 27.9 Å². The summed E-state index contributed by atoms with van der Waals surface area (Å²) in [6, 6.07) is 2.09. The highest BCUT2D eigenvalue weighted by Crippen LogP contribution is 2.29. The van der Waals surface area contributed by atoms with Gasteiger partial charge in [-0.15, -0.1) is 11.3 Å². The van der Waals surface area contributed by atoms with Crippen LogP contribution in [-0.4, -0.2) is 16.5 Å². The quantitative estimate of drug-likeness (QED) is 0.908. The normalized spacial score (nSPS) is 12.0. The SMILES string of the molecule is CC(C)(CN)Cc1ncc(-c2cc(Br)cs2)[nH]1. The van der Waals surface area contributed by atoms with E-state index in [2.05, 4.69) is 51.2 Å². The van der Waals surface area contributed by atoms with E-state index in [4.69, 9.17) is 5.73 Å². The van der Waals surface area contributed by atoms with Crippen LogP contribution in [0.5, 0.6) is 0 Å². The van der Waals surface area contributed by atoms with Crippen LogP contribution in [0.3, 0.4) is 0 Å². The molecule has 0 aliphatic carbocycles. The predicted octanol–water partition coefficient (Wildman–Crippen LogP) is 3.43. The third-order valence-electron chi connectivity index (χ3n) is 2.66. The van der Waals surface area contributed by atoms with E-state index >= 15 is 0 Å². The first kappa shape index (κ1) is 12.8. The van der Waals surface area contributed by atoms with Crippen LogP contribution >= 0.6 is 27.3 Å². The van der Waals surface area contributed by atoms with Crippen molar-refractivity contribution < 1.29 is 0 Å². The van der Waals surface area contributed by atoms with Crippen molar-refractivity contribution >= 4 is 27.3 Å². The highest BCUT2D eigenvalue weighted by atomic mass is 79.9. The lowest BCUT2D eigenvalue weighted by Gasteiger charge is -2.20. The summed E-state index contributed by atoms with van der Waals surface area (Å²) in [5.41, 5.74) is 6.89. The van der Waals surface area contributed by atoms with Gasteiger partial charge in [-0.25, -0.2) is 4.98 Å². The molecule has 0 atom stereocenters. The smallest absolute Gasteiger partial charge is 0.107 e. The molecule has 0 aliphatic rings. The molecule has 0 fully saturated rings. The third kappa shape index (κ3) is 3.18. The molecule has 0 saturated heterocycles. The Balaban J connectivity index is 2.16. The number of imidazole rings is 1. The minimum Gasteiger partial charge on any atom is -0.341 e. The maximum atomic E-state index is 5.73. The van der Waals surface area contributed by atoms with Crippen LogP contribution in [0.1, 0.15) is 19.7 Å². The molecule has 2 aromatic rings. The Morgan fingerprint density at radius 3 is 2.88 bits per heavy atom. The summed E-state index contributed by atoms with van der Waals surface area (Å²) in [6.07, 6.45) is 2.76. The Hall–Kier alpha value is -0.650. The summed E-state index contributed by atoms with van der Waals surface area (Å²) in [4.78, 5) is 8.97. The fourth-order valence-corrected chi connectivity index (χ4v) is 2.95. The lowest BCUT2D eigenvalue weighted by atomic mass is 9.89. The maximum absolute atomic E-state index is 5.73. The van der Waals surface area contributed by atoms with E-state index in [1.807, 2.05) is 6.20 Å². The van der Waals surface area contributed by atoms with Crippen molar-refractivity contribution in [1.82, 2.24) is 9.97 Å². The first-order valence-electron chi connectivity index (χ1n) is 5.48. The third-order valence-corrected chi connectivity index (χ3v) is 4.38. The number of hydrogen-bond donors (Lipinski definition) is 2. The first-order chi connectivity index (χ1) is 8.00. The van der Waals surface area contributed by atoms with Gasteiger partial charge < -0.3 is 10.7 Å². The van der Waals surface area contributed by atoms with Gasteiger partial charge in [-0.2, -0.15) is 0 Å². The van der Waals surface area contributed by atoms with Crippen LogP contribution in [0.25, 0.3) is 10.6 Å². The van der Waals surface area contributed by atoms with Gasteiger partial charge >= 0.3 is 0 Å². The number of halogens is 1. The van der Waals surface area contributed by atoms with E-state index in [1.54, 1.807) is 11.3 Å². The second-order valence-corrected chi connectivity index (χ2v) is 6.74. The largest absolute Gasteiger partial charge is 0.341 e. The molecule has 5 heteroatoms. The van der Waals surface area contributed by atoms with Crippen molar-refractivity contribution in [2.45, 2.75) is 20.3 Å². The van der Waals surface area contributed by atoms with Crippen molar-refractivity contribution in [3.8, 4) is 10.6 Å². The molecule has 92 valence electrons. The van der Waals surface area contributed by atoms with Crippen LogP contribution in [0.4, 0.5) is 0 Å². The number of nitrogens with one attached hydrogen (secondary N) is 1. The Morgan fingerprint density at radius 1 is 1.53 bits per heavy atom. The zero-order valence-electron chi connectivity index (χ0n) is 9.96. The second kappa shape index (κ2) is 4.92. The number of nitrogens with zero attached hydrogens (tertiary/aromatic N) is 1. The number of thiophene rings is 1. The monoisotopic (exact) mass is 313 g/mol. The highest BCUT2D eigenvalue weighted by molar-refractivity contribution is 9.10. The molecule has 3 nitrogen and oxygen atoms in total. The zero-order chi connectivity index (χ0) is 12.5. The zero-order valence-corrected chi connectivity index (χ0v) is 12.4. The summed E-state index contributed by atoms with van der Waals surface area (Å²) < 4.78 is 1.11. The van der Waals surface area contributed by atoms with E-state index < -0.39 is 0 Å². The summed E-state index contributed by atoms with van der Waals surface area (Å²) in [6.45, 7) is 4.96. The number of aromatic nitrogens is 2. The predicted molar refractivity (Wildman–Crippen MR) is 76.1 cm³/mol. The lowest BCUT2D eigenvalue weighted by Crippen LogP contribution is -2.26. The lowest BCUT2D eigenvalue weighted by molar-refractivity contribution is 0.369. The first-order valence-corrected chi connectivity index (χ1v) is 7.16. The van der Waals surface area contributed by atoms with Gasteiger partial charge in [-0.1, -0.05) is 13.8 Å². The van der Waals surface area contributed by atoms with E-state index in [9.17, 15) is 0 Å². The molecule has 2 aromatic heterocycles. The van der Waals surface area contributed by atoms with Gasteiger partial charge in [0.15, 0.2) is 0 Å². The van der Waals surface area contributed by atoms with Crippen molar-refractivity contribution in [2.75, 3.05) is 6.54 Å². The van der Waals surface area contributed by atoms with Gasteiger partial charge in [0.1, 0.15) is 5.82 Å². The molecule has 2 rings (SSSR count). The molecule has 17 heavy (non-hydrogen) atoms. The standard InChI is InChI=1S/C12H16BrN3S/c1-12(2,7-14)4-11-15-5-9(16-11)10-3-8(13)6-17-10/h3,5-6H,4,7,14H2,1-2H3,(H,15,16). The van der Waals surface area contributed by atoms with Gasteiger partial charge in [0.2, 0.25) is 0 Å². The van der Waals surface area contributed by atoms with Gasteiger partial charge in [-0.3, -0.25) is 0 Å². The number of hydrogen-bond acceptors (Lipinski definition) is 3. The molecule has 0 radical (unpaired) electrons. The molecule has 0 saturated carbocycles. The van der Waals surface area contributed by atoms with Crippen LogP contribution < -0.4 is 5.73 Å². The average Bonchev–Trinajstić information content (AvgIpc) is 2.86. The molecule has 0 unspecified atom stereocenters. The van der Waals surface area contributed by atoms with Gasteiger partial charge in [-0.05, 0) is 34.0 Å². The highest BCUT2D eigenvalue weighted by Gasteiger charge is 2.18. The molecular formula is C12H16BrN3S. The molecule has 2 heterocycles. The molecule has 0 bridgehead atoms. The van der Waals surface area contributed by atoms with Crippen molar-refractivity contribution in [1.29, 1.82) is 0 Å². The van der Waals surface area contributed by atoms with Crippen LogP contribution in [-0.2, 0) is 6.42 Å². The van der Waals surface area contributed by atoms with E-state index in [0.29, 0.717) is 6.54 Å². The van der Waals surface area contributed by atoms with Gasteiger partial charge in [0, 0.05) is 16.3 Å². The molecular weight excluding hydrogens is 298 g/mol. The Bertz CT molecular complexity index is 501. The second-order valence-electron chi connectivity index (χ2n) is 4.92. The van der Waals surface area contributed by atoms with Crippen molar-refractivity contribution in [2.24, 2.45) is 11.1 Å². The van der Waals surface area contributed by atoms with Crippen LogP contribution in [0.15, 0.2) is 22.1 Å². The summed E-state index contributed by atoms with van der Waals surface area (Å²) in [5.74, 6) is 1.000. The molecule has 3 N–H and O–H groups in total. The fraction of sp³-hybridized carbons (Fsp3) is 0.417. The molecule has 0 amide bonds. The fourth-order valence-electron chi connectivity index (χ4n) is 1.56. The molecule has 0 aliphatic heterocycles. The van der Waals surface area contributed by atoms with Crippen molar-refractivity contribution in [3.63, 3.8) is 0 Å². The topological polar surface area (TPSA) is 54.7 Å². The number of rotatable bonds is 4. The summed E-state index contributed by atoms with van der Waals surface area (Å²) in [7, 11) is 0. The maximum Gasteiger partial charge on any atom is 0.107 e. The summed E-state index contributed by atoms with van der Waals surface area (Å²) in [5, 5.41) is 2.07. The van der Waals surface area contributed by atoms with Gasteiger partial charge in [0.25, 0.3) is 0 Å². The number of aromatic amines is 1. The van der Waals surface area contributed by atoms with Crippen LogP contribution in [0.2, 0.25) is 0 Å². The number of nitrogens with two attached hydrogens (primary N) is 1. The molecule has 0 spiro atoms. The van der Waals surface area contributed by atoms with Gasteiger partial charge in [0.05, 0.1) is 16.8 Å². The summed E-state index contributed by atoms with van der Waals surface area (Å²) >= 11 is 5.15. The Labute approximate surface area is 114 Å². The van der Waals surface area contributed by atoms with E-state index in [-0.39, 0.29) is 5.41 Å². The minimum atomic E-state index is 0.0884. The van der Waals surface area contributed by atoms with Crippen LogP contribution in [0, 0.1) is 5.41 Å².